The van der Waals surface area contributed by atoms with Crippen molar-refractivity contribution in [2.24, 2.45) is 0 Å². The molecule has 0 amide bonds. The molecule has 1 heterocycles. The van der Waals surface area contributed by atoms with E-state index < -0.39 is 0 Å². The van der Waals surface area contributed by atoms with E-state index in [1.165, 1.54) is 5.56 Å². The molecule has 0 saturated carbocycles. The first kappa shape index (κ1) is 12.9. The molecule has 1 unspecified atom stereocenters. The first-order valence-corrected chi connectivity index (χ1v) is 6.17. The molecule has 0 bridgehead atoms. The van der Waals surface area contributed by atoms with Crippen LogP contribution in [0.2, 0.25) is 0 Å². The van der Waals surface area contributed by atoms with Gasteiger partial charge in [-0.25, -0.2) is 0 Å². The lowest BCUT2D eigenvalue weighted by atomic mass is 10.1. The molecule has 2 aromatic rings. The summed E-state index contributed by atoms with van der Waals surface area (Å²) >= 11 is 0. The predicted octanol–water partition coefficient (Wildman–Crippen LogP) is 3.28. The zero-order valence-corrected chi connectivity index (χ0v) is 10.8. The van der Waals surface area contributed by atoms with E-state index in [0.29, 0.717) is 6.61 Å². The third-order valence-corrected chi connectivity index (χ3v) is 2.93. The highest BCUT2D eigenvalue weighted by molar-refractivity contribution is 5.18. The summed E-state index contributed by atoms with van der Waals surface area (Å²) in [4.78, 5) is 0. The van der Waals surface area contributed by atoms with Gasteiger partial charge in [0.2, 0.25) is 0 Å². The van der Waals surface area contributed by atoms with E-state index in [1.807, 2.05) is 31.3 Å². The Morgan fingerprint density at radius 2 is 2.00 bits per heavy atom. The van der Waals surface area contributed by atoms with Gasteiger partial charge in [0.15, 0.2) is 0 Å². The van der Waals surface area contributed by atoms with Crippen molar-refractivity contribution >= 4 is 0 Å². The normalized spacial score (nSPS) is 12.6. The number of nitrogens with one attached hydrogen (secondary N) is 1. The van der Waals surface area contributed by atoms with Crippen LogP contribution in [0.4, 0.5) is 0 Å². The summed E-state index contributed by atoms with van der Waals surface area (Å²) in [5, 5.41) is 3.08. The third-order valence-electron chi connectivity index (χ3n) is 2.93. The fraction of sp³-hybridized carbons (Fsp3) is 0.333. The number of furan rings is 1. The first-order valence-electron chi connectivity index (χ1n) is 6.17. The van der Waals surface area contributed by atoms with Crippen molar-refractivity contribution < 1.29 is 9.15 Å². The maximum atomic E-state index is 5.87. The Balaban J connectivity index is 1.93. The second-order valence-corrected chi connectivity index (χ2v) is 4.26. The minimum atomic E-state index is 0.0866. The van der Waals surface area contributed by atoms with Crippen molar-refractivity contribution in [3.63, 3.8) is 0 Å². The second kappa shape index (κ2) is 6.38. The fourth-order valence-electron chi connectivity index (χ4n) is 1.85. The molecule has 3 heteroatoms. The van der Waals surface area contributed by atoms with Crippen LogP contribution in [0.25, 0.3) is 0 Å². The second-order valence-electron chi connectivity index (χ2n) is 4.26. The molecule has 0 spiro atoms. The molecule has 0 radical (unpaired) electrons. The zero-order valence-electron chi connectivity index (χ0n) is 10.8. The lowest BCUT2D eigenvalue weighted by molar-refractivity contribution is 0.0516. The van der Waals surface area contributed by atoms with E-state index in [-0.39, 0.29) is 6.10 Å². The average Bonchev–Trinajstić information content (AvgIpc) is 2.85. The Hall–Kier alpha value is -1.58. The van der Waals surface area contributed by atoms with Gasteiger partial charge in [-0.1, -0.05) is 30.3 Å². The fourth-order valence-corrected chi connectivity index (χ4v) is 1.85. The van der Waals surface area contributed by atoms with Crippen LogP contribution in [0.3, 0.4) is 0 Å². The number of benzene rings is 1. The molecule has 1 atom stereocenters. The molecule has 1 N–H and O–H groups in total. The molecule has 1 aromatic heterocycles. The predicted molar refractivity (Wildman–Crippen MR) is 71.1 cm³/mol. The van der Waals surface area contributed by atoms with Crippen LogP contribution in [0.5, 0.6) is 0 Å². The number of hydrogen-bond acceptors (Lipinski definition) is 3. The Bertz CT molecular complexity index is 464. The molecule has 0 fully saturated rings. The maximum absolute atomic E-state index is 5.87. The average molecular weight is 245 g/mol. The molecule has 1 aromatic carbocycles. The van der Waals surface area contributed by atoms with Gasteiger partial charge in [-0.15, -0.1) is 0 Å². The molecular weight excluding hydrogens is 226 g/mol. The monoisotopic (exact) mass is 245 g/mol. The van der Waals surface area contributed by atoms with Crippen LogP contribution in [0.1, 0.15) is 29.9 Å². The number of rotatable bonds is 6. The summed E-state index contributed by atoms with van der Waals surface area (Å²) in [6.45, 7) is 3.36. The summed E-state index contributed by atoms with van der Waals surface area (Å²) in [5.41, 5.74) is 2.29. The van der Waals surface area contributed by atoms with Crippen LogP contribution >= 0.6 is 0 Å². The van der Waals surface area contributed by atoms with Crippen LogP contribution in [0, 0.1) is 0 Å². The topological polar surface area (TPSA) is 34.4 Å². The van der Waals surface area contributed by atoms with Crippen LogP contribution < -0.4 is 5.32 Å². The minimum absolute atomic E-state index is 0.0866. The molecule has 0 aliphatic carbocycles. The van der Waals surface area contributed by atoms with Crippen LogP contribution in [-0.2, 0) is 17.9 Å². The van der Waals surface area contributed by atoms with Crippen LogP contribution in [-0.4, -0.2) is 7.05 Å². The van der Waals surface area contributed by atoms with Gasteiger partial charge in [-0.3, -0.25) is 0 Å². The van der Waals surface area contributed by atoms with Gasteiger partial charge in [-0.05, 0) is 25.6 Å². The third kappa shape index (κ3) is 3.22. The smallest absolute Gasteiger partial charge is 0.123 e. The standard InChI is InChI=1S/C15H19NO2/c1-12(13-6-4-3-5-7-13)18-11-14-8-9-17-15(14)10-16-2/h3-9,12,16H,10-11H2,1-2H3. The van der Waals surface area contributed by atoms with Gasteiger partial charge >= 0.3 is 0 Å². The highest BCUT2D eigenvalue weighted by atomic mass is 16.5. The van der Waals surface area contributed by atoms with Crippen molar-refractivity contribution in [3.8, 4) is 0 Å². The van der Waals surface area contributed by atoms with Gasteiger partial charge in [0.25, 0.3) is 0 Å². The van der Waals surface area contributed by atoms with E-state index >= 15 is 0 Å². The molecule has 18 heavy (non-hydrogen) atoms. The summed E-state index contributed by atoms with van der Waals surface area (Å²) in [5.74, 6) is 0.942. The summed E-state index contributed by atoms with van der Waals surface area (Å²) < 4.78 is 11.3. The largest absolute Gasteiger partial charge is 0.468 e. The SMILES string of the molecule is CNCc1occc1COC(C)c1ccccc1. The molecule has 2 rings (SSSR count). The molecule has 0 aliphatic heterocycles. The van der Waals surface area contributed by atoms with Crippen molar-refractivity contribution in [2.75, 3.05) is 7.05 Å². The Morgan fingerprint density at radius 1 is 1.22 bits per heavy atom. The minimum Gasteiger partial charge on any atom is -0.468 e. The van der Waals surface area contributed by atoms with Crippen molar-refractivity contribution in [1.82, 2.24) is 5.32 Å². The van der Waals surface area contributed by atoms with Gasteiger partial charge in [-0.2, -0.15) is 0 Å². The van der Waals surface area contributed by atoms with Crippen molar-refractivity contribution in [2.45, 2.75) is 26.2 Å². The van der Waals surface area contributed by atoms with E-state index in [1.54, 1.807) is 6.26 Å². The zero-order chi connectivity index (χ0) is 12.8. The summed E-state index contributed by atoms with van der Waals surface area (Å²) in [6, 6.07) is 12.2. The summed E-state index contributed by atoms with van der Waals surface area (Å²) in [7, 11) is 1.90. The van der Waals surface area contributed by atoms with E-state index in [0.717, 1.165) is 17.9 Å². The summed E-state index contributed by atoms with van der Waals surface area (Å²) in [6.07, 6.45) is 1.79. The van der Waals surface area contributed by atoms with E-state index in [9.17, 15) is 0 Å². The molecule has 0 saturated heterocycles. The van der Waals surface area contributed by atoms with Gasteiger partial charge < -0.3 is 14.5 Å². The lowest BCUT2D eigenvalue weighted by Crippen LogP contribution is -2.07. The molecular formula is C15H19NO2. The molecule has 0 aliphatic rings. The van der Waals surface area contributed by atoms with Crippen LogP contribution in [0.15, 0.2) is 47.1 Å². The lowest BCUT2D eigenvalue weighted by Gasteiger charge is -2.13. The van der Waals surface area contributed by atoms with E-state index in [2.05, 4.69) is 24.4 Å². The van der Waals surface area contributed by atoms with Gasteiger partial charge in [0.05, 0.1) is 25.5 Å². The first-order chi connectivity index (χ1) is 8.81. The van der Waals surface area contributed by atoms with Gasteiger partial charge in [0.1, 0.15) is 5.76 Å². The Morgan fingerprint density at radius 3 is 2.72 bits per heavy atom. The molecule has 96 valence electrons. The highest BCUT2D eigenvalue weighted by Crippen LogP contribution is 2.20. The Labute approximate surface area is 108 Å². The highest BCUT2D eigenvalue weighted by Gasteiger charge is 2.09. The number of hydrogen-bond donors (Lipinski definition) is 1. The molecule has 3 nitrogen and oxygen atoms in total. The number of ether oxygens (including phenoxy) is 1. The van der Waals surface area contributed by atoms with Crippen molar-refractivity contribution in [3.05, 3.63) is 59.5 Å². The quantitative estimate of drug-likeness (QED) is 0.848. The maximum Gasteiger partial charge on any atom is 0.123 e. The Kier molecular flexibility index (Phi) is 4.56. The van der Waals surface area contributed by atoms with E-state index in [4.69, 9.17) is 9.15 Å². The van der Waals surface area contributed by atoms with Crippen molar-refractivity contribution in [1.29, 1.82) is 0 Å². The van der Waals surface area contributed by atoms with Gasteiger partial charge in [0, 0.05) is 5.56 Å².